The summed E-state index contributed by atoms with van der Waals surface area (Å²) in [5, 5.41) is 0.450. The molecule has 0 saturated heterocycles. The zero-order valence-corrected chi connectivity index (χ0v) is 21.0. The highest BCUT2D eigenvalue weighted by molar-refractivity contribution is 6.10. The van der Waals surface area contributed by atoms with Crippen molar-refractivity contribution in [2.45, 2.75) is 19.6 Å². The second kappa shape index (κ2) is 9.56. The SMILES string of the molecule is COc1cc(C2c3c(oc4ccc(C)cc4c3=O)C(=O)N2c2ccccc2)ccc1OCc1ccccc1. The van der Waals surface area contributed by atoms with Crippen LogP contribution in [0.4, 0.5) is 5.69 Å². The van der Waals surface area contributed by atoms with E-state index in [1.54, 1.807) is 24.1 Å². The van der Waals surface area contributed by atoms with Gasteiger partial charge in [-0.3, -0.25) is 14.5 Å². The van der Waals surface area contributed by atoms with Crippen LogP contribution in [0.25, 0.3) is 11.0 Å². The van der Waals surface area contributed by atoms with Crippen molar-refractivity contribution < 1.29 is 18.7 Å². The minimum atomic E-state index is -0.696. The van der Waals surface area contributed by atoms with Crippen LogP contribution in [0.3, 0.4) is 0 Å². The molecule has 2 heterocycles. The number of aryl methyl sites for hydroxylation is 1. The maximum absolute atomic E-state index is 13.9. The van der Waals surface area contributed by atoms with E-state index in [9.17, 15) is 9.59 Å². The van der Waals surface area contributed by atoms with Crippen LogP contribution in [0.15, 0.2) is 106 Å². The molecule has 1 aliphatic rings. The van der Waals surface area contributed by atoms with Crippen LogP contribution in [-0.2, 0) is 6.61 Å². The quantitative estimate of drug-likeness (QED) is 0.267. The van der Waals surface area contributed by atoms with E-state index in [1.807, 2.05) is 91.9 Å². The van der Waals surface area contributed by atoms with Crippen molar-refractivity contribution in [3.8, 4) is 11.5 Å². The van der Waals surface area contributed by atoms with Crippen LogP contribution < -0.4 is 19.8 Å². The van der Waals surface area contributed by atoms with Crippen LogP contribution in [-0.4, -0.2) is 13.0 Å². The van der Waals surface area contributed by atoms with E-state index in [0.717, 1.165) is 11.1 Å². The molecule has 5 aromatic rings. The van der Waals surface area contributed by atoms with Crippen molar-refractivity contribution in [1.29, 1.82) is 0 Å². The maximum atomic E-state index is 13.9. The lowest BCUT2D eigenvalue weighted by Gasteiger charge is -2.26. The Labute approximate surface area is 219 Å². The molecule has 1 aliphatic heterocycles. The number of fused-ring (bicyclic) bond motifs is 2. The van der Waals surface area contributed by atoms with Gasteiger partial charge in [0, 0.05) is 5.69 Å². The summed E-state index contributed by atoms with van der Waals surface area (Å²) in [7, 11) is 1.57. The van der Waals surface area contributed by atoms with Gasteiger partial charge < -0.3 is 13.9 Å². The fourth-order valence-electron chi connectivity index (χ4n) is 4.97. The number of methoxy groups -OCH3 is 1. The average Bonchev–Trinajstić information content (AvgIpc) is 3.25. The van der Waals surface area contributed by atoms with Gasteiger partial charge >= 0.3 is 0 Å². The maximum Gasteiger partial charge on any atom is 0.295 e. The minimum Gasteiger partial charge on any atom is -0.493 e. The Balaban J connectivity index is 1.49. The Morgan fingerprint density at radius 2 is 1.58 bits per heavy atom. The van der Waals surface area contributed by atoms with Crippen LogP contribution in [0.2, 0.25) is 0 Å². The van der Waals surface area contributed by atoms with Gasteiger partial charge in [-0.25, -0.2) is 0 Å². The van der Waals surface area contributed by atoms with Crippen LogP contribution in [0, 0.1) is 6.92 Å². The van der Waals surface area contributed by atoms with Gasteiger partial charge in [0.2, 0.25) is 5.76 Å². The monoisotopic (exact) mass is 503 g/mol. The van der Waals surface area contributed by atoms with E-state index in [2.05, 4.69) is 0 Å². The molecule has 0 N–H and O–H groups in total. The second-order valence-electron chi connectivity index (χ2n) is 9.27. The molecule has 6 heteroatoms. The molecule has 0 spiro atoms. The Bertz CT molecular complexity index is 1710. The summed E-state index contributed by atoms with van der Waals surface area (Å²) in [5.74, 6) is 0.771. The highest BCUT2D eigenvalue weighted by Crippen LogP contribution is 2.43. The molecular formula is C32H25NO5. The molecule has 0 aliphatic carbocycles. The normalized spacial score (nSPS) is 14.5. The fraction of sp³-hybridized carbons (Fsp3) is 0.125. The number of carbonyl (C=O) groups excluding carboxylic acids is 1. The topological polar surface area (TPSA) is 69.0 Å². The van der Waals surface area contributed by atoms with Crippen molar-refractivity contribution in [1.82, 2.24) is 0 Å². The van der Waals surface area contributed by atoms with Crippen LogP contribution in [0.1, 0.15) is 38.9 Å². The van der Waals surface area contributed by atoms with Gasteiger partial charge in [-0.05, 0) is 54.4 Å². The summed E-state index contributed by atoms with van der Waals surface area (Å²) < 4.78 is 17.8. The largest absolute Gasteiger partial charge is 0.493 e. The summed E-state index contributed by atoms with van der Waals surface area (Å²) >= 11 is 0. The number of benzene rings is 4. The Kier molecular flexibility index (Phi) is 5.92. The summed E-state index contributed by atoms with van der Waals surface area (Å²) in [6.07, 6.45) is 0. The number of para-hydroxylation sites is 1. The minimum absolute atomic E-state index is 0.0589. The van der Waals surface area contributed by atoms with E-state index in [0.29, 0.717) is 45.9 Å². The average molecular weight is 504 g/mol. The Hall–Kier alpha value is -4.84. The number of ether oxygens (including phenoxy) is 2. The lowest BCUT2D eigenvalue weighted by atomic mass is 9.97. The molecule has 0 fully saturated rings. The third-order valence-electron chi connectivity index (χ3n) is 6.80. The van der Waals surface area contributed by atoms with Crippen molar-refractivity contribution in [3.63, 3.8) is 0 Å². The number of nitrogens with zero attached hydrogens (tertiary/aromatic N) is 1. The molecule has 1 atom stereocenters. The molecule has 0 saturated carbocycles. The van der Waals surface area contributed by atoms with Gasteiger partial charge in [0.1, 0.15) is 12.2 Å². The van der Waals surface area contributed by atoms with E-state index in [1.165, 1.54) is 0 Å². The molecule has 6 nitrogen and oxygen atoms in total. The summed E-state index contributed by atoms with van der Waals surface area (Å²) in [4.78, 5) is 29.2. The first kappa shape index (κ1) is 23.6. The third-order valence-corrected chi connectivity index (χ3v) is 6.80. The molecule has 1 unspecified atom stereocenters. The molecule has 4 aromatic carbocycles. The first-order valence-corrected chi connectivity index (χ1v) is 12.4. The molecule has 1 amide bonds. The Morgan fingerprint density at radius 3 is 2.32 bits per heavy atom. The fourth-order valence-corrected chi connectivity index (χ4v) is 4.97. The van der Waals surface area contributed by atoms with Gasteiger partial charge in [0.15, 0.2) is 16.9 Å². The number of anilines is 1. The highest BCUT2D eigenvalue weighted by atomic mass is 16.5. The van der Waals surface area contributed by atoms with Gasteiger partial charge in [-0.1, -0.05) is 66.2 Å². The van der Waals surface area contributed by atoms with Crippen molar-refractivity contribution in [2.75, 3.05) is 12.0 Å². The molecule has 6 rings (SSSR count). The summed E-state index contributed by atoms with van der Waals surface area (Å²) in [5.41, 5.74) is 3.84. The van der Waals surface area contributed by atoms with E-state index >= 15 is 0 Å². The summed E-state index contributed by atoms with van der Waals surface area (Å²) in [6.45, 7) is 2.30. The van der Waals surface area contributed by atoms with Gasteiger partial charge in [0.25, 0.3) is 5.91 Å². The number of rotatable bonds is 6. The molecule has 38 heavy (non-hydrogen) atoms. The first-order chi connectivity index (χ1) is 18.5. The molecule has 0 radical (unpaired) electrons. The number of carbonyl (C=O) groups is 1. The van der Waals surface area contributed by atoms with Crippen LogP contribution >= 0.6 is 0 Å². The van der Waals surface area contributed by atoms with Gasteiger partial charge in [-0.15, -0.1) is 0 Å². The number of hydrogen-bond acceptors (Lipinski definition) is 5. The molecule has 1 aromatic heterocycles. The zero-order chi connectivity index (χ0) is 26.2. The predicted molar refractivity (Wildman–Crippen MR) is 146 cm³/mol. The first-order valence-electron chi connectivity index (χ1n) is 12.4. The second-order valence-corrected chi connectivity index (χ2v) is 9.27. The summed E-state index contributed by atoms with van der Waals surface area (Å²) in [6, 6.07) is 29.4. The van der Waals surface area contributed by atoms with Crippen molar-refractivity contribution in [3.05, 3.63) is 135 Å². The highest BCUT2D eigenvalue weighted by Gasteiger charge is 2.43. The van der Waals surface area contributed by atoms with E-state index < -0.39 is 6.04 Å². The lowest BCUT2D eigenvalue weighted by molar-refractivity contribution is 0.0971. The molecular weight excluding hydrogens is 478 g/mol. The lowest BCUT2D eigenvalue weighted by Crippen LogP contribution is -2.29. The van der Waals surface area contributed by atoms with E-state index in [-0.39, 0.29) is 17.1 Å². The predicted octanol–water partition coefficient (Wildman–Crippen LogP) is 6.44. The van der Waals surface area contributed by atoms with Gasteiger partial charge in [0.05, 0.1) is 24.1 Å². The third kappa shape index (κ3) is 4.00. The van der Waals surface area contributed by atoms with Crippen molar-refractivity contribution in [2.24, 2.45) is 0 Å². The molecule has 188 valence electrons. The zero-order valence-electron chi connectivity index (χ0n) is 21.0. The van der Waals surface area contributed by atoms with Crippen molar-refractivity contribution >= 4 is 22.6 Å². The smallest absolute Gasteiger partial charge is 0.295 e. The molecule has 0 bridgehead atoms. The standard InChI is InChI=1S/C32H25NO5/c1-20-13-15-25-24(17-20)30(34)28-29(33(32(35)31(28)38-25)23-11-7-4-8-12-23)22-14-16-26(27(18-22)36-2)37-19-21-9-5-3-6-10-21/h3-18,29H,19H2,1-2H3. The van der Waals surface area contributed by atoms with E-state index in [4.69, 9.17) is 13.9 Å². The number of amides is 1. The number of hydrogen-bond donors (Lipinski definition) is 0. The Morgan fingerprint density at radius 1 is 0.842 bits per heavy atom. The van der Waals surface area contributed by atoms with Crippen LogP contribution in [0.5, 0.6) is 11.5 Å². The van der Waals surface area contributed by atoms with Gasteiger partial charge in [-0.2, -0.15) is 0 Å².